The minimum atomic E-state index is 1.05. The van der Waals surface area contributed by atoms with E-state index in [0.717, 1.165) is 6.42 Å². The van der Waals surface area contributed by atoms with E-state index < -0.39 is 0 Å². The van der Waals surface area contributed by atoms with E-state index >= 15 is 0 Å². The third-order valence-corrected chi connectivity index (χ3v) is 0.365. The first kappa shape index (κ1) is 36.1. The van der Waals surface area contributed by atoms with Crippen LogP contribution in [0, 0.1) is 0 Å². The normalized spacial score (nSPS) is 5.75. The van der Waals surface area contributed by atoms with Gasteiger partial charge in [0.05, 0.1) is 0 Å². The molecule has 106 valence electrons. The molecule has 0 aromatic rings. The average molecular weight is 235 g/mol. The predicted molar refractivity (Wildman–Crippen MR) is 86.1 cm³/mol. The summed E-state index contributed by atoms with van der Waals surface area (Å²) >= 11 is 0. The molecule has 0 unspecified atom stereocenters. The van der Waals surface area contributed by atoms with Crippen LogP contribution in [0.2, 0.25) is 0 Å². The van der Waals surface area contributed by atoms with Gasteiger partial charge in [-0.15, -0.1) is 0 Å². The second kappa shape index (κ2) is 204. The van der Waals surface area contributed by atoms with Crippen molar-refractivity contribution in [2.45, 2.75) is 89.0 Å². The summed E-state index contributed by atoms with van der Waals surface area (Å²) in [6, 6.07) is 0. The number of rotatable bonds is 1. The molecule has 0 saturated heterocycles. The van der Waals surface area contributed by atoms with E-state index in [1.54, 1.807) is 7.05 Å². The fourth-order valence-electron chi connectivity index (χ4n) is 0.183. The molecule has 0 fully saturated rings. The highest BCUT2D eigenvalue weighted by Crippen LogP contribution is 1.60. The van der Waals surface area contributed by atoms with Crippen molar-refractivity contribution in [3.8, 4) is 0 Å². The van der Waals surface area contributed by atoms with Gasteiger partial charge in [0.1, 0.15) is 0 Å². The Labute approximate surface area is 108 Å². The molecule has 0 radical (unpaired) electrons. The highest BCUT2D eigenvalue weighted by atomic mass is 14.6. The van der Waals surface area contributed by atoms with Gasteiger partial charge in [-0.3, -0.25) is 0 Å². The third-order valence-electron chi connectivity index (χ3n) is 0.365. The molecular formula is C15H41N. The van der Waals surface area contributed by atoms with Crippen LogP contribution in [0.15, 0.2) is 4.99 Å². The van der Waals surface area contributed by atoms with Gasteiger partial charge in [0.25, 0.3) is 0 Å². The summed E-state index contributed by atoms with van der Waals surface area (Å²) in [5, 5.41) is 0. The lowest BCUT2D eigenvalue weighted by Crippen LogP contribution is -1.60. The van der Waals surface area contributed by atoms with Crippen molar-refractivity contribution in [2.75, 3.05) is 7.05 Å². The molecule has 0 aromatic carbocycles. The van der Waals surface area contributed by atoms with Gasteiger partial charge in [-0.05, 0) is 12.6 Å². The van der Waals surface area contributed by atoms with Crippen LogP contribution in [0.1, 0.15) is 89.0 Å². The molecule has 1 nitrogen and oxygen atoms in total. The predicted octanol–water partition coefficient (Wildman–Crippen LogP) is 6.62. The first-order valence-corrected chi connectivity index (χ1v) is 7.23. The highest BCUT2D eigenvalue weighted by Gasteiger charge is 1.53. The van der Waals surface area contributed by atoms with Crippen LogP contribution in [0.3, 0.4) is 0 Å². The molecule has 0 bridgehead atoms. The standard InChI is InChI=1S/C4H9N.C3H8.4C2H6/c1-3-4-5-2;1-3-2;4*1-2/h4H,3H2,1-2H3;3H2,1-2H3;4*1-2H3. The van der Waals surface area contributed by atoms with E-state index in [1.807, 2.05) is 61.6 Å². The monoisotopic (exact) mass is 235 g/mol. The zero-order valence-corrected chi connectivity index (χ0v) is 14.4. The Kier molecular flexibility index (Phi) is 459. The van der Waals surface area contributed by atoms with Gasteiger partial charge in [-0.2, -0.15) is 0 Å². The van der Waals surface area contributed by atoms with Crippen LogP contribution in [0.25, 0.3) is 0 Å². The number of nitrogens with zero attached hydrogens (tertiary/aromatic N) is 1. The molecule has 0 spiro atoms. The van der Waals surface area contributed by atoms with Gasteiger partial charge in [-0.25, -0.2) is 0 Å². The molecule has 0 N–H and O–H groups in total. The summed E-state index contributed by atoms with van der Waals surface area (Å²) in [6.45, 7) is 22.3. The van der Waals surface area contributed by atoms with Crippen molar-refractivity contribution >= 4 is 6.21 Å². The quantitative estimate of drug-likeness (QED) is 0.453. The maximum atomic E-state index is 3.73. The Balaban J connectivity index is -0.0000000201. The maximum Gasteiger partial charge on any atom is 0.0273 e. The smallest absolute Gasteiger partial charge is 0.0273 e. The average Bonchev–Trinajstić information content (AvgIpc) is 2.41. The Morgan fingerprint density at radius 1 is 0.688 bits per heavy atom. The van der Waals surface area contributed by atoms with Crippen molar-refractivity contribution in [1.29, 1.82) is 0 Å². The summed E-state index contributed by atoms with van der Waals surface area (Å²) in [7, 11) is 1.78. The van der Waals surface area contributed by atoms with E-state index in [4.69, 9.17) is 0 Å². The van der Waals surface area contributed by atoms with E-state index in [9.17, 15) is 0 Å². The van der Waals surface area contributed by atoms with E-state index in [1.165, 1.54) is 6.42 Å². The molecule has 0 atom stereocenters. The molecule has 0 rings (SSSR count). The summed E-state index contributed by atoms with van der Waals surface area (Å²) in [5.41, 5.74) is 0. The molecule has 0 saturated carbocycles. The van der Waals surface area contributed by atoms with Crippen molar-refractivity contribution in [2.24, 2.45) is 4.99 Å². The Morgan fingerprint density at radius 3 is 0.875 bits per heavy atom. The fraction of sp³-hybridized carbons (Fsp3) is 0.933. The molecule has 0 aromatic heterocycles. The van der Waals surface area contributed by atoms with Crippen molar-refractivity contribution in [1.82, 2.24) is 0 Å². The van der Waals surface area contributed by atoms with Gasteiger partial charge in [0, 0.05) is 7.05 Å². The van der Waals surface area contributed by atoms with Crippen molar-refractivity contribution < 1.29 is 0 Å². The molecule has 1 heteroatoms. The van der Waals surface area contributed by atoms with Crippen LogP contribution >= 0.6 is 0 Å². The minimum Gasteiger partial charge on any atom is -0.301 e. The highest BCUT2D eigenvalue weighted by molar-refractivity contribution is 5.56. The van der Waals surface area contributed by atoms with Gasteiger partial charge >= 0.3 is 0 Å². The number of hydrogen-bond donors (Lipinski definition) is 0. The first-order chi connectivity index (χ1) is 7.83. The topological polar surface area (TPSA) is 12.4 Å². The van der Waals surface area contributed by atoms with E-state index in [-0.39, 0.29) is 0 Å². The van der Waals surface area contributed by atoms with Gasteiger partial charge in [0.15, 0.2) is 0 Å². The fourth-order valence-corrected chi connectivity index (χ4v) is 0.183. The summed E-state index contributed by atoms with van der Waals surface area (Å²) in [4.78, 5) is 3.73. The summed E-state index contributed by atoms with van der Waals surface area (Å²) < 4.78 is 0. The van der Waals surface area contributed by atoms with Gasteiger partial charge < -0.3 is 4.99 Å². The van der Waals surface area contributed by atoms with Crippen LogP contribution < -0.4 is 0 Å². The Morgan fingerprint density at radius 2 is 0.875 bits per heavy atom. The third kappa shape index (κ3) is 787. The van der Waals surface area contributed by atoms with Crippen molar-refractivity contribution in [3.05, 3.63) is 0 Å². The number of hydrogen-bond acceptors (Lipinski definition) is 1. The van der Waals surface area contributed by atoms with E-state index in [0.29, 0.717) is 0 Å². The van der Waals surface area contributed by atoms with Crippen molar-refractivity contribution in [3.63, 3.8) is 0 Å². The Bertz CT molecular complexity index is 40.7. The zero-order valence-electron chi connectivity index (χ0n) is 14.4. The van der Waals surface area contributed by atoms with Crippen LogP contribution in [-0.4, -0.2) is 13.3 Å². The molecule has 0 aliphatic carbocycles. The maximum absolute atomic E-state index is 3.73. The molecular weight excluding hydrogens is 194 g/mol. The SMILES string of the molecule is CC.CC.CC.CC.CCC.CCC=NC. The minimum absolute atomic E-state index is 1.05. The number of aliphatic imine (C=N–C) groups is 1. The lowest BCUT2D eigenvalue weighted by molar-refractivity contribution is 1.09. The largest absolute Gasteiger partial charge is 0.301 e. The molecule has 0 aliphatic heterocycles. The summed E-state index contributed by atoms with van der Waals surface area (Å²) in [6.07, 6.45) is 4.18. The lowest BCUT2D eigenvalue weighted by atomic mass is 10.5. The van der Waals surface area contributed by atoms with Crippen LogP contribution in [0.5, 0.6) is 0 Å². The first-order valence-electron chi connectivity index (χ1n) is 7.23. The molecule has 0 heterocycles. The van der Waals surface area contributed by atoms with Crippen LogP contribution in [0.4, 0.5) is 0 Å². The second-order valence-corrected chi connectivity index (χ2v) is 1.56. The summed E-state index contributed by atoms with van der Waals surface area (Å²) in [5.74, 6) is 0. The lowest BCUT2D eigenvalue weighted by Gasteiger charge is -1.65. The molecule has 0 aliphatic rings. The van der Waals surface area contributed by atoms with Crippen LogP contribution in [-0.2, 0) is 0 Å². The molecule has 0 amide bonds. The van der Waals surface area contributed by atoms with E-state index in [2.05, 4.69) is 25.8 Å². The van der Waals surface area contributed by atoms with Gasteiger partial charge in [-0.1, -0.05) is 82.6 Å². The second-order valence-electron chi connectivity index (χ2n) is 1.56. The zero-order chi connectivity index (χ0) is 14.8. The molecule has 16 heavy (non-hydrogen) atoms. The Hall–Kier alpha value is -0.330. The van der Waals surface area contributed by atoms with Gasteiger partial charge in [0.2, 0.25) is 0 Å².